The lowest BCUT2D eigenvalue weighted by Crippen LogP contribution is -2.32. The molecule has 0 radical (unpaired) electrons. The largest absolute Gasteiger partial charge is 0.228 e. The lowest BCUT2D eigenvalue weighted by molar-refractivity contribution is 0.461. The first-order chi connectivity index (χ1) is 5.35. The highest BCUT2D eigenvalue weighted by atomic mass is 35.5. The van der Waals surface area contributed by atoms with Crippen molar-refractivity contribution < 1.29 is 0 Å². The molecule has 1 nitrogen and oxygen atoms in total. The lowest BCUT2D eigenvalue weighted by atomic mass is 10.0. The van der Waals surface area contributed by atoms with Gasteiger partial charge in [-0.15, -0.1) is 19.5 Å². The third kappa shape index (κ3) is 17.2. The molecule has 0 fully saturated rings. The summed E-state index contributed by atoms with van der Waals surface area (Å²) in [5, 5.41) is 0. The van der Waals surface area contributed by atoms with Gasteiger partial charge in [-0.2, -0.15) is 0 Å². The first-order valence-electron chi connectivity index (χ1n) is 3.90. The molecule has 0 aromatic carbocycles. The lowest BCUT2D eigenvalue weighted by Gasteiger charge is -2.19. The van der Waals surface area contributed by atoms with Crippen LogP contribution < -0.4 is 4.84 Å². The molecule has 0 aliphatic carbocycles. The molecule has 4 heteroatoms. The van der Waals surface area contributed by atoms with Gasteiger partial charge < -0.3 is 0 Å². The van der Waals surface area contributed by atoms with Crippen LogP contribution in [-0.2, 0) is 0 Å². The highest BCUT2D eigenvalue weighted by molar-refractivity contribution is 7.55. The summed E-state index contributed by atoms with van der Waals surface area (Å²) in [5.74, 6) is 0.646. The number of alkyl halides is 1. The van der Waals surface area contributed by atoms with E-state index in [0.29, 0.717) is 13.8 Å². The predicted octanol–water partition coefficient (Wildman–Crippen LogP) is 3.50. The van der Waals surface area contributed by atoms with E-state index in [9.17, 15) is 0 Å². The van der Waals surface area contributed by atoms with Gasteiger partial charge in [0.05, 0.1) is 0 Å². The van der Waals surface area contributed by atoms with E-state index in [-0.39, 0.29) is 5.54 Å². The minimum atomic E-state index is -0.0245. The van der Waals surface area contributed by atoms with Gasteiger partial charge in [0.1, 0.15) is 0 Å². The Balaban J connectivity index is 0. The summed E-state index contributed by atoms with van der Waals surface area (Å²) in [6.45, 7) is 10.7. The maximum absolute atomic E-state index is 5.47. The van der Waals surface area contributed by atoms with E-state index in [0.717, 1.165) is 6.42 Å². The van der Waals surface area contributed by atoms with Gasteiger partial charge in [0, 0.05) is 11.4 Å². The van der Waals surface area contributed by atoms with E-state index < -0.39 is 0 Å². The van der Waals surface area contributed by atoms with E-state index in [1.54, 1.807) is 0 Å². The molecule has 0 amide bonds. The average Bonchev–Trinajstić information content (AvgIpc) is 1.86. The second-order valence-electron chi connectivity index (χ2n) is 3.76. The van der Waals surface area contributed by atoms with Gasteiger partial charge in [-0.3, -0.25) is 0 Å². The monoisotopic (exact) mass is 231 g/mol. The average molecular weight is 232 g/mol. The predicted molar refractivity (Wildman–Crippen MR) is 63.1 cm³/mol. The van der Waals surface area contributed by atoms with Crippen LogP contribution in [0.1, 0.15) is 20.3 Å². The molecule has 1 N–H and O–H groups in total. The number of halogens is 2. The second kappa shape index (κ2) is 8.56. The molecular formula is C8H20Cl2NP. The Morgan fingerprint density at radius 3 is 1.67 bits per heavy atom. The number of hydrogen-bond acceptors (Lipinski definition) is 1. The van der Waals surface area contributed by atoms with Crippen molar-refractivity contribution in [2.24, 2.45) is 0 Å². The molecule has 0 unspecified atom stereocenters. The summed E-state index contributed by atoms with van der Waals surface area (Å²) in [6.07, 6.45) is 0.887. The van der Waals surface area contributed by atoms with Crippen LogP contribution in [0.5, 0.6) is 0 Å². The maximum atomic E-state index is 5.47. The Morgan fingerprint density at radius 1 is 1.25 bits per heavy atom. The third-order valence-electron chi connectivity index (χ3n) is 0.975. The Hall–Kier alpha value is 0.970. The molecule has 0 aliphatic rings. The van der Waals surface area contributed by atoms with E-state index in [1.807, 2.05) is 13.8 Å². The Bertz CT molecular complexity index is 94.3. The van der Waals surface area contributed by atoms with Gasteiger partial charge in [-0.1, -0.05) is 0 Å². The highest BCUT2D eigenvalue weighted by Crippen LogP contribution is 2.14. The summed E-state index contributed by atoms with van der Waals surface area (Å²) in [5.41, 5.74) is -0.0245. The van der Waals surface area contributed by atoms with E-state index in [4.69, 9.17) is 23.4 Å². The van der Waals surface area contributed by atoms with Crippen LogP contribution in [0, 0.1) is 0 Å². The molecule has 0 rings (SSSR count). The molecule has 0 aromatic heterocycles. The van der Waals surface area contributed by atoms with Gasteiger partial charge >= 0.3 is 0 Å². The van der Waals surface area contributed by atoms with Crippen LogP contribution in [0.4, 0.5) is 0 Å². The molecule has 0 saturated heterocycles. The minimum absolute atomic E-state index is 0.0245. The zero-order valence-corrected chi connectivity index (χ0v) is 11.0. The van der Waals surface area contributed by atoms with E-state index in [1.165, 1.54) is 0 Å². The standard InChI is InChI=1S/C5H11Cl2N.C3H9P/c1-5(2,8-7)3-4-6;1-4(2)3/h8H,3-4H2,1-2H3;1-3H3. The molecule has 0 spiro atoms. The Morgan fingerprint density at radius 2 is 1.58 bits per heavy atom. The summed E-state index contributed by atoms with van der Waals surface area (Å²) >= 11 is 10.8. The quantitative estimate of drug-likeness (QED) is 0.446. The smallest absolute Gasteiger partial charge is 0.0286 e. The van der Waals surface area contributed by atoms with Gasteiger partial charge in [-0.05, 0) is 52.0 Å². The van der Waals surface area contributed by atoms with Crippen molar-refractivity contribution in [3.05, 3.63) is 0 Å². The van der Waals surface area contributed by atoms with Gasteiger partial charge in [-0.25, -0.2) is 4.84 Å². The normalized spacial score (nSPS) is 11.0. The fourth-order valence-corrected chi connectivity index (χ4v) is 0.850. The fourth-order valence-electron chi connectivity index (χ4n) is 0.283. The van der Waals surface area contributed by atoms with Crippen LogP contribution in [0.2, 0.25) is 0 Å². The fraction of sp³-hybridized carbons (Fsp3) is 1.00. The van der Waals surface area contributed by atoms with Crippen molar-refractivity contribution in [2.75, 3.05) is 25.9 Å². The van der Waals surface area contributed by atoms with Crippen molar-refractivity contribution in [3.8, 4) is 0 Å². The molecule has 0 aliphatic heterocycles. The van der Waals surface area contributed by atoms with Crippen LogP contribution in [-0.4, -0.2) is 31.4 Å². The summed E-state index contributed by atoms with van der Waals surface area (Å²) in [4.78, 5) is 2.63. The molecule has 0 atom stereocenters. The van der Waals surface area contributed by atoms with Gasteiger partial charge in [0.2, 0.25) is 0 Å². The Labute approximate surface area is 88.1 Å². The Kier molecular flexibility index (Phi) is 11.0. The molecule has 0 saturated carbocycles. The van der Waals surface area contributed by atoms with Gasteiger partial charge in [0.25, 0.3) is 0 Å². The van der Waals surface area contributed by atoms with Crippen molar-refractivity contribution in [2.45, 2.75) is 25.8 Å². The van der Waals surface area contributed by atoms with Crippen molar-refractivity contribution >= 4 is 31.3 Å². The molecule has 0 bridgehead atoms. The number of rotatable bonds is 3. The third-order valence-corrected chi connectivity index (χ3v) is 1.68. The molecule has 0 heterocycles. The van der Waals surface area contributed by atoms with E-state index in [2.05, 4.69) is 24.8 Å². The SMILES string of the molecule is CC(C)(CCCl)NCl.CP(C)C. The van der Waals surface area contributed by atoms with Crippen molar-refractivity contribution in [1.29, 1.82) is 0 Å². The summed E-state index contributed by atoms with van der Waals surface area (Å²) < 4.78 is 0. The van der Waals surface area contributed by atoms with Crippen molar-refractivity contribution in [3.63, 3.8) is 0 Å². The highest BCUT2D eigenvalue weighted by Gasteiger charge is 2.13. The van der Waals surface area contributed by atoms with Crippen LogP contribution in [0.3, 0.4) is 0 Å². The molecule has 12 heavy (non-hydrogen) atoms. The topological polar surface area (TPSA) is 12.0 Å². The molecule has 76 valence electrons. The minimum Gasteiger partial charge on any atom is -0.228 e. The van der Waals surface area contributed by atoms with Gasteiger partial charge in [0.15, 0.2) is 0 Å². The molecule has 0 aromatic rings. The van der Waals surface area contributed by atoms with Crippen molar-refractivity contribution in [1.82, 2.24) is 4.84 Å². The first-order valence-corrected chi connectivity index (χ1v) is 7.50. The zero-order chi connectivity index (χ0) is 10.2. The van der Waals surface area contributed by atoms with Crippen LogP contribution in [0.15, 0.2) is 0 Å². The maximum Gasteiger partial charge on any atom is 0.0286 e. The number of nitrogens with one attached hydrogen (secondary N) is 1. The first kappa shape index (κ1) is 15.4. The zero-order valence-electron chi connectivity index (χ0n) is 8.62. The second-order valence-corrected chi connectivity index (χ2v) is 7.01. The summed E-state index contributed by atoms with van der Waals surface area (Å²) in [6, 6.07) is 0. The summed E-state index contributed by atoms with van der Waals surface area (Å²) in [7, 11) is 0.380. The van der Waals surface area contributed by atoms with E-state index >= 15 is 0 Å². The molecular weight excluding hydrogens is 212 g/mol. The van der Waals surface area contributed by atoms with Crippen LogP contribution in [0.25, 0.3) is 0 Å². The number of hydrogen-bond donors (Lipinski definition) is 1. The van der Waals surface area contributed by atoms with Crippen LogP contribution >= 0.6 is 31.3 Å².